The van der Waals surface area contributed by atoms with Crippen molar-refractivity contribution in [2.24, 2.45) is 5.73 Å². The first kappa shape index (κ1) is 14.1. The van der Waals surface area contributed by atoms with Crippen LogP contribution >= 0.6 is 0 Å². The zero-order valence-corrected chi connectivity index (χ0v) is 10.5. The molecular formula is C9H23NO3Si. The van der Waals surface area contributed by atoms with Crippen molar-refractivity contribution >= 4 is 8.80 Å². The van der Waals surface area contributed by atoms with Crippen LogP contribution < -0.4 is 5.73 Å². The van der Waals surface area contributed by atoms with Crippen LogP contribution in [0, 0.1) is 0 Å². The van der Waals surface area contributed by atoms with Gasteiger partial charge in [0, 0.05) is 25.8 Å². The lowest BCUT2D eigenvalue weighted by Crippen LogP contribution is -2.46. The van der Waals surface area contributed by atoms with Crippen molar-refractivity contribution < 1.29 is 13.3 Å². The van der Waals surface area contributed by atoms with Crippen LogP contribution in [0.5, 0.6) is 0 Å². The van der Waals surface area contributed by atoms with E-state index in [0.29, 0.717) is 26.4 Å². The van der Waals surface area contributed by atoms with Gasteiger partial charge in [-0.25, -0.2) is 0 Å². The maximum Gasteiger partial charge on any atom is 0.500 e. The summed E-state index contributed by atoms with van der Waals surface area (Å²) in [7, 11) is -2.40. The van der Waals surface area contributed by atoms with Crippen molar-refractivity contribution in [3.8, 4) is 0 Å². The summed E-state index contributed by atoms with van der Waals surface area (Å²) in [5.74, 6) is 0. The predicted octanol–water partition coefficient (Wildman–Crippen LogP) is 1.38. The van der Waals surface area contributed by atoms with E-state index in [-0.39, 0.29) is 0 Å². The smallest absolute Gasteiger partial charge is 0.374 e. The first-order valence-electron chi connectivity index (χ1n) is 5.36. The van der Waals surface area contributed by atoms with Crippen LogP contribution in [0.1, 0.15) is 27.2 Å². The molecule has 0 aromatic carbocycles. The Kier molecular flexibility index (Phi) is 8.41. The quantitative estimate of drug-likeness (QED) is 0.598. The fraction of sp³-hybridized carbons (Fsp3) is 1.00. The van der Waals surface area contributed by atoms with Crippen molar-refractivity contribution in [1.82, 2.24) is 0 Å². The monoisotopic (exact) mass is 221 g/mol. The second-order valence-electron chi connectivity index (χ2n) is 2.94. The van der Waals surface area contributed by atoms with Gasteiger partial charge in [-0.2, -0.15) is 0 Å². The van der Waals surface area contributed by atoms with Crippen LogP contribution in [-0.4, -0.2) is 35.2 Å². The Bertz CT molecular complexity index is 118. The first-order chi connectivity index (χ1) is 6.74. The molecule has 0 spiro atoms. The molecule has 0 aliphatic rings. The van der Waals surface area contributed by atoms with Crippen molar-refractivity contribution in [1.29, 1.82) is 0 Å². The third-order valence-corrected chi connectivity index (χ3v) is 4.94. The highest BCUT2D eigenvalue weighted by atomic mass is 28.4. The van der Waals surface area contributed by atoms with Gasteiger partial charge in [0.15, 0.2) is 0 Å². The fourth-order valence-electron chi connectivity index (χ4n) is 1.30. The van der Waals surface area contributed by atoms with Gasteiger partial charge < -0.3 is 19.0 Å². The van der Waals surface area contributed by atoms with E-state index < -0.39 is 8.80 Å². The van der Waals surface area contributed by atoms with E-state index in [2.05, 4.69) is 6.92 Å². The highest BCUT2D eigenvalue weighted by Gasteiger charge is 2.39. The second-order valence-corrected chi connectivity index (χ2v) is 5.67. The van der Waals surface area contributed by atoms with Crippen LogP contribution in [-0.2, 0) is 13.3 Å². The lowest BCUT2D eigenvalue weighted by atomic mass is 10.6. The largest absolute Gasteiger partial charge is 0.500 e. The first-order valence-corrected chi connectivity index (χ1v) is 7.29. The Morgan fingerprint density at radius 1 is 1.00 bits per heavy atom. The van der Waals surface area contributed by atoms with Gasteiger partial charge in [0.1, 0.15) is 0 Å². The molecular weight excluding hydrogens is 198 g/mol. The highest BCUT2D eigenvalue weighted by Crippen LogP contribution is 2.17. The average molecular weight is 221 g/mol. The lowest BCUT2D eigenvalue weighted by molar-refractivity contribution is 0.0693. The van der Waals surface area contributed by atoms with Gasteiger partial charge in [0.05, 0.1) is 6.61 Å². The number of hydrogen-bond acceptors (Lipinski definition) is 4. The third kappa shape index (κ3) is 5.07. The Balaban J connectivity index is 4.21. The molecule has 0 saturated carbocycles. The van der Waals surface area contributed by atoms with Crippen molar-refractivity contribution in [3.05, 3.63) is 0 Å². The Labute approximate surface area is 88.1 Å². The Morgan fingerprint density at radius 3 is 1.93 bits per heavy atom. The number of rotatable bonds is 9. The minimum atomic E-state index is -2.40. The van der Waals surface area contributed by atoms with Crippen LogP contribution in [0.2, 0.25) is 6.04 Å². The van der Waals surface area contributed by atoms with E-state index in [4.69, 9.17) is 19.0 Å². The molecule has 0 saturated heterocycles. The minimum absolute atomic E-state index is 0.513. The summed E-state index contributed by atoms with van der Waals surface area (Å²) in [5, 5.41) is 0. The summed E-state index contributed by atoms with van der Waals surface area (Å²) in [4.78, 5) is 0. The summed E-state index contributed by atoms with van der Waals surface area (Å²) in [6.45, 7) is 8.33. The van der Waals surface area contributed by atoms with Gasteiger partial charge in [0.2, 0.25) is 0 Å². The van der Waals surface area contributed by atoms with Gasteiger partial charge >= 0.3 is 8.80 Å². The van der Waals surface area contributed by atoms with E-state index in [0.717, 1.165) is 12.5 Å². The minimum Gasteiger partial charge on any atom is -0.374 e. The number of hydrogen-bond donors (Lipinski definition) is 1. The molecule has 0 aromatic rings. The Morgan fingerprint density at radius 2 is 1.57 bits per heavy atom. The van der Waals surface area contributed by atoms with E-state index in [1.165, 1.54) is 0 Å². The molecule has 0 aromatic heterocycles. The maximum absolute atomic E-state index is 5.67. The van der Waals surface area contributed by atoms with Crippen LogP contribution in [0.25, 0.3) is 0 Å². The van der Waals surface area contributed by atoms with Crippen LogP contribution in [0.4, 0.5) is 0 Å². The normalized spacial score (nSPS) is 12.0. The van der Waals surface area contributed by atoms with E-state index in [1.54, 1.807) is 0 Å². The Hall–Kier alpha value is 0.0569. The van der Waals surface area contributed by atoms with Gasteiger partial charge in [-0.1, -0.05) is 13.3 Å². The molecule has 4 nitrogen and oxygen atoms in total. The summed E-state index contributed by atoms with van der Waals surface area (Å²) >= 11 is 0. The molecule has 0 amide bonds. The molecule has 86 valence electrons. The molecule has 0 aliphatic carbocycles. The highest BCUT2D eigenvalue weighted by molar-refractivity contribution is 6.60. The topological polar surface area (TPSA) is 53.7 Å². The summed E-state index contributed by atoms with van der Waals surface area (Å²) in [5.41, 5.74) is 5.41. The SMILES string of the molecule is CCC[Si](OCC)(OCC)OCCN. The zero-order chi connectivity index (χ0) is 10.9. The summed E-state index contributed by atoms with van der Waals surface area (Å²) in [6.07, 6.45) is 1.01. The zero-order valence-electron chi connectivity index (χ0n) is 9.54. The molecule has 0 unspecified atom stereocenters. The van der Waals surface area contributed by atoms with Gasteiger partial charge in [0.25, 0.3) is 0 Å². The van der Waals surface area contributed by atoms with Crippen molar-refractivity contribution in [2.45, 2.75) is 33.2 Å². The van der Waals surface area contributed by atoms with E-state index in [9.17, 15) is 0 Å². The van der Waals surface area contributed by atoms with Gasteiger partial charge in [-0.05, 0) is 13.8 Å². The van der Waals surface area contributed by atoms with E-state index in [1.807, 2.05) is 13.8 Å². The van der Waals surface area contributed by atoms with Crippen LogP contribution in [0.15, 0.2) is 0 Å². The standard InChI is InChI=1S/C9H23NO3Si/c1-4-9-14(11-5-2,12-6-3)13-8-7-10/h4-10H2,1-3H3. The number of nitrogens with two attached hydrogens (primary N) is 1. The molecule has 2 N–H and O–H groups in total. The fourth-order valence-corrected chi connectivity index (χ4v) is 3.91. The molecule has 0 fully saturated rings. The third-order valence-electron chi connectivity index (χ3n) is 1.72. The average Bonchev–Trinajstić information content (AvgIpc) is 2.16. The molecule has 0 bridgehead atoms. The summed E-state index contributed by atoms with van der Waals surface area (Å²) < 4.78 is 17.0. The molecule has 5 heteroatoms. The molecule has 0 aliphatic heterocycles. The van der Waals surface area contributed by atoms with Crippen molar-refractivity contribution in [3.63, 3.8) is 0 Å². The van der Waals surface area contributed by atoms with Gasteiger partial charge in [-0.15, -0.1) is 0 Å². The van der Waals surface area contributed by atoms with Crippen LogP contribution in [0.3, 0.4) is 0 Å². The maximum atomic E-state index is 5.67. The molecule has 0 rings (SSSR count). The molecule has 0 radical (unpaired) electrons. The van der Waals surface area contributed by atoms with Crippen molar-refractivity contribution in [2.75, 3.05) is 26.4 Å². The molecule has 0 atom stereocenters. The molecule has 14 heavy (non-hydrogen) atoms. The lowest BCUT2D eigenvalue weighted by Gasteiger charge is -2.28. The molecule has 0 heterocycles. The predicted molar refractivity (Wildman–Crippen MR) is 59.1 cm³/mol. The van der Waals surface area contributed by atoms with Gasteiger partial charge in [-0.3, -0.25) is 0 Å². The second kappa shape index (κ2) is 8.37. The van der Waals surface area contributed by atoms with E-state index >= 15 is 0 Å². The summed E-state index contributed by atoms with van der Waals surface area (Å²) in [6, 6.07) is 0.870.